The van der Waals surface area contributed by atoms with Gasteiger partial charge in [0.25, 0.3) is 11.4 Å². The number of nitrogens with one attached hydrogen (secondary N) is 1. The maximum absolute atomic E-state index is 12.6. The van der Waals surface area contributed by atoms with Crippen molar-refractivity contribution in [3.05, 3.63) is 98.1 Å². The Kier molecular flexibility index (Phi) is 30.4. The molecule has 22 heteroatoms. The standard InChI is InChI=1S/C48H70N4O18/c1-50(48(53)70-39-45-43-8-4-2-6-41(43)42-7-3-5-9-44(42)45)13-15-59-17-19-61-21-23-63-25-27-65-29-31-67-33-35-69-37-36-68-34-32-66-30-28-64-26-24-62-22-20-60-18-16-58-14-12-49-46-11-10-40(51(54)55)38-47(46)52(56)57/h2-11,38,45,49H,12-37,39H2,1H3. The summed E-state index contributed by atoms with van der Waals surface area (Å²) in [6, 6.07) is 19.9. The smallest absolute Gasteiger partial charge is 0.409 e. The van der Waals surface area contributed by atoms with Gasteiger partial charge in [0.2, 0.25) is 0 Å². The molecule has 22 nitrogen and oxygen atoms in total. The van der Waals surface area contributed by atoms with Crippen LogP contribution < -0.4 is 5.32 Å². The predicted molar refractivity (Wildman–Crippen MR) is 256 cm³/mol. The van der Waals surface area contributed by atoms with E-state index in [2.05, 4.69) is 29.6 Å². The van der Waals surface area contributed by atoms with Gasteiger partial charge in [-0.15, -0.1) is 0 Å². The first-order valence-electron chi connectivity index (χ1n) is 23.5. The van der Waals surface area contributed by atoms with Gasteiger partial charge < -0.3 is 71.8 Å². The first kappa shape index (κ1) is 57.6. The highest BCUT2D eigenvalue weighted by atomic mass is 16.6. The van der Waals surface area contributed by atoms with Gasteiger partial charge >= 0.3 is 6.09 Å². The molecule has 1 N–H and O–H groups in total. The number of carbonyl (C=O) groups excluding carboxylic acids is 1. The highest BCUT2D eigenvalue weighted by Crippen LogP contribution is 2.44. The fourth-order valence-corrected chi connectivity index (χ4v) is 6.71. The highest BCUT2D eigenvalue weighted by Gasteiger charge is 2.29. The van der Waals surface area contributed by atoms with Crippen LogP contribution in [0.1, 0.15) is 17.0 Å². The Balaban J connectivity index is 0.772. The fourth-order valence-electron chi connectivity index (χ4n) is 6.71. The number of amides is 1. The van der Waals surface area contributed by atoms with Gasteiger partial charge in [-0.3, -0.25) is 20.2 Å². The number of benzene rings is 3. The third-order valence-electron chi connectivity index (χ3n) is 10.3. The summed E-state index contributed by atoms with van der Waals surface area (Å²) < 4.78 is 71.8. The molecule has 70 heavy (non-hydrogen) atoms. The fraction of sp³-hybridized carbons (Fsp3) is 0.604. The molecule has 0 bridgehead atoms. The van der Waals surface area contributed by atoms with Crippen LogP contribution in [0.2, 0.25) is 0 Å². The number of anilines is 1. The molecule has 0 unspecified atom stereocenters. The summed E-state index contributed by atoms with van der Waals surface area (Å²) >= 11 is 0. The van der Waals surface area contributed by atoms with E-state index in [4.69, 9.17) is 61.6 Å². The molecule has 3 aromatic rings. The van der Waals surface area contributed by atoms with Crippen molar-refractivity contribution in [2.24, 2.45) is 0 Å². The number of non-ortho nitro benzene ring substituents is 1. The summed E-state index contributed by atoms with van der Waals surface area (Å²) in [6.45, 7) is 11.2. The number of nitrogens with zero attached hydrogens (tertiary/aromatic N) is 3. The quantitative estimate of drug-likeness (QED) is 0.0446. The van der Waals surface area contributed by atoms with Crippen LogP contribution in [0.4, 0.5) is 21.9 Å². The Hall–Kier alpha value is -4.95. The van der Waals surface area contributed by atoms with E-state index < -0.39 is 9.85 Å². The Labute approximate surface area is 409 Å². The van der Waals surface area contributed by atoms with Gasteiger partial charge in [0, 0.05) is 32.1 Å². The second-order valence-electron chi connectivity index (χ2n) is 15.2. The number of nitro benzene ring substituents is 2. The van der Waals surface area contributed by atoms with Gasteiger partial charge in [-0.1, -0.05) is 48.5 Å². The summed E-state index contributed by atoms with van der Waals surface area (Å²) in [7, 11) is 1.71. The van der Waals surface area contributed by atoms with Gasteiger partial charge in [0.1, 0.15) is 12.3 Å². The third-order valence-corrected chi connectivity index (χ3v) is 10.3. The largest absolute Gasteiger partial charge is 0.448 e. The molecule has 1 aliphatic rings. The molecule has 0 aromatic heterocycles. The van der Waals surface area contributed by atoms with Gasteiger partial charge in [-0.05, 0) is 28.3 Å². The number of fused-ring (bicyclic) bond motifs is 3. The topological polar surface area (TPSA) is 239 Å². The van der Waals surface area contributed by atoms with Crippen LogP contribution >= 0.6 is 0 Å². The molecular formula is C48H70N4O18. The van der Waals surface area contributed by atoms with Crippen molar-refractivity contribution in [3.8, 4) is 11.1 Å². The number of hydrogen-bond acceptors (Lipinski definition) is 19. The van der Waals surface area contributed by atoms with Gasteiger partial charge in [-0.2, -0.15) is 0 Å². The van der Waals surface area contributed by atoms with Crippen molar-refractivity contribution >= 4 is 23.2 Å². The van der Waals surface area contributed by atoms with Crippen LogP contribution in [0.25, 0.3) is 11.1 Å². The van der Waals surface area contributed by atoms with Crippen LogP contribution in [0, 0.1) is 20.2 Å². The lowest BCUT2D eigenvalue weighted by atomic mass is 9.98. The van der Waals surface area contributed by atoms with Gasteiger partial charge in [0.15, 0.2) is 0 Å². The average Bonchev–Trinajstić information content (AvgIpc) is 3.69. The summed E-state index contributed by atoms with van der Waals surface area (Å²) in [5.74, 6) is 0.0258. The van der Waals surface area contributed by atoms with Crippen molar-refractivity contribution in [2.75, 3.05) is 191 Å². The first-order valence-corrected chi connectivity index (χ1v) is 23.5. The zero-order valence-electron chi connectivity index (χ0n) is 40.2. The number of ether oxygens (including phenoxy) is 13. The summed E-state index contributed by atoms with van der Waals surface area (Å²) in [5.41, 5.74) is 4.22. The molecule has 3 aromatic carbocycles. The van der Waals surface area contributed by atoms with E-state index in [1.807, 2.05) is 24.3 Å². The number of rotatable bonds is 44. The molecule has 0 radical (unpaired) electrons. The Morgan fingerprint density at radius 1 is 0.500 bits per heavy atom. The highest BCUT2D eigenvalue weighted by molar-refractivity contribution is 5.79. The maximum atomic E-state index is 12.6. The number of nitro groups is 2. The maximum Gasteiger partial charge on any atom is 0.409 e. The zero-order chi connectivity index (χ0) is 49.7. The first-order chi connectivity index (χ1) is 34.4. The van der Waals surface area contributed by atoms with E-state index >= 15 is 0 Å². The molecule has 0 heterocycles. The van der Waals surface area contributed by atoms with E-state index in [-0.39, 0.29) is 48.8 Å². The molecular weight excluding hydrogens is 921 g/mol. The van der Waals surface area contributed by atoms with Crippen LogP contribution in [0.15, 0.2) is 66.7 Å². The van der Waals surface area contributed by atoms with Crippen LogP contribution in [0.5, 0.6) is 0 Å². The normalized spacial score (nSPS) is 12.0. The molecule has 1 aliphatic carbocycles. The van der Waals surface area contributed by atoms with Crippen molar-refractivity contribution in [1.82, 2.24) is 4.90 Å². The van der Waals surface area contributed by atoms with Crippen LogP contribution in [0.3, 0.4) is 0 Å². The lowest BCUT2D eigenvalue weighted by molar-refractivity contribution is -0.393. The zero-order valence-corrected chi connectivity index (χ0v) is 40.2. The van der Waals surface area contributed by atoms with Crippen LogP contribution in [-0.4, -0.2) is 206 Å². The van der Waals surface area contributed by atoms with E-state index in [1.165, 1.54) is 39.3 Å². The minimum atomic E-state index is -0.683. The van der Waals surface area contributed by atoms with E-state index in [0.717, 1.165) is 6.07 Å². The third kappa shape index (κ3) is 23.8. The average molecular weight is 991 g/mol. The molecule has 390 valence electrons. The number of likely N-dealkylation sites (N-methyl/N-ethyl adjacent to an activating group) is 1. The molecule has 0 aliphatic heterocycles. The predicted octanol–water partition coefficient (Wildman–Crippen LogP) is 5.00. The summed E-state index contributed by atoms with van der Waals surface area (Å²) in [6.07, 6.45) is -0.376. The van der Waals surface area contributed by atoms with Crippen molar-refractivity contribution < 1.29 is 76.2 Å². The Morgan fingerprint density at radius 3 is 1.23 bits per heavy atom. The minimum Gasteiger partial charge on any atom is -0.448 e. The molecule has 0 atom stereocenters. The Morgan fingerprint density at radius 2 is 0.857 bits per heavy atom. The van der Waals surface area contributed by atoms with Crippen molar-refractivity contribution in [3.63, 3.8) is 0 Å². The minimum absolute atomic E-state index is 0.0258. The van der Waals surface area contributed by atoms with Crippen LogP contribution in [-0.2, 0) is 61.6 Å². The lowest BCUT2D eigenvalue weighted by Crippen LogP contribution is -2.32. The van der Waals surface area contributed by atoms with Gasteiger partial charge in [-0.25, -0.2) is 4.79 Å². The van der Waals surface area contributed by atoms with Crippen molar-refractivity contribution in [1.29, 1.82) is 0 Å². The number of carbonyl (C=O) groups is 1. The second kappa shape index (κ2) is 36.9. The second-order valence-corrected chi connectivity index (χ2v) is 15.2. The van der Waals surface area contributed by atoms with E-state index in [1.54, 1.807) is 7.05 Å². The van der Waals surface area contributed by atoms with Gasteiger partial charge in [0.05, 0.1) is 174 Å². The summed E-state index contributed by atoms with van der Waals surface area (Å²) in [5, 5.41) is 24.9. The lowest BCUT2D eigenvalue weighted by Gasteiger charge is -2.19. The molecule has 0 spiro atoms. The molecule has 0 fully saturated rings. The molecule has 0 saturated heterocycles. The van der Waals surface area contributed by atoms with E-state index in [0.29, 0.717) is 159 Å². The molecule has 4 rings (SSSR count). The molecule has 1 amide bonds. The molecule has 0 saturated carbocycles. The Bertz CT molecular complexity index is 1850. The van der Waals surface area contributed by atoms with E-state index in [9.17, 15) is 25.0 Å². The van der Waals surface area contributed by atoms with Crippen molar-refractivity contribution in [2.45, 2.75) is 5.92 Å². The summed E-state index contributed by atoms with van der Waals surface area (Å²) in [4.78, 5) is 34.8. The monoisotopic (exact) mass is 990 g/mol. The SMILES string of the molecule is CN(CCOCCOCCOCCOCCOCCOCCOCCOCCOCCOCCOCCOCCNc1ccc([N+](=O)[O-])cc1[N+](=O)[O-])C(=O)OCC1c2ccccc2-c2ccccc21. The number of hydrogen-bond donors (Lipinski definition) is 1.